The second-order valence-electron chi connectivity index (χ2n) is 6.77. The summed E-state index contributed by atoms with van der Waals surface area (Å²) in [7, 11) is 0. The van der Waals surface area contributed by atoms with Gasteiger partial charge < -0.3 is 4.90 Å². The van der Waals surface area contributed by atoms with Crippen molar-refractivity contribution in [3.05, 3.63) is 102 Å². The normalized spacial score (nSPS) is 12.5. The first-order chi connectivity index (χ1) is 14.5. The maximum Gasteiger partial charge on any atom is 0.198 e. The maximum absolute atomic E-state index is 14.4. The van der Waals surface area contributed by atoms with Crippen LogP contribution in [-0.2, 0) is 0 Å². The largest absolute Gasteiger partial charge is 0.308 e. The van der Waals surface area contributed by atoms with Gasteiger partial charge in [0.05, 0.1) is 11.4 Å². The molecule has 0 saturated heterocycles. The maximum atomic E-state index is 14.4. The predicted octanol–water partition coefficient (Wildman–Crippen LogP) is 7.84. The number of benzene rings is 4. The highest BCUT2D eigenvalue weighted by Crippen LogP contribution is 2.51. The summed E-state index contributed by atoms with van der Waals surface area (Å²) in [6, 6.07) is 23.1. The number of anilines is 3. The Hall–Kier alpha value is -3.25. The quantitative estimate of drug-likeness (QED) is 0.162. The molecule has 1 nitrogen and oxygen atoms in total. The number of nitrogens with zero attached hydrogens (tertiary/aromatic N) is 1. The van der Waals surface area contributed by atoms with Crippen LogP contribution in [0.25, 0.3) is 11.1 Å². The minimum Gasteiger partial charge on any atom is -0.308 e. The van der Waals surface area contributed by atoms with Crippen LogP contribution in [0.4, 0.5) is 34.6 Å². The van der Waals surface area contributed by atoms with E-state index in [9.17, 15) is 17.6 Å². The van der Waals surface area contributed by atoms with E-state index >= 15 is 0 Å². The van der Waals surface area contributed by atoms with Crippen LogP contribution in [0.1, 0.15) is 0 Å². The topological polar surface area (TPSA) is 3.24 Å². The van der Waals surface area contributed by atoms with Gasteiger partial charge in [0.25, 0.3) is 0 Å². The first-order valence-electron chi connectivity index (χ1n) is 9.14. The van der Waals surface area contributed by atoms with Crippen LogP contribution in [-0.4, -0.2) is 0 Å². The predicted molar refractivity (Wildman–Crippen MR) is 111 cm³/mol. The van der Waals surface area contributed by atoms with E-state index in [1.54, 1.807) is 23.9 Å². The molecule has 5 rings (SSSR count). The van der Waals surface area contributed by atoms with Gasteiger partial charge in [0.2, 0.25) is 0 Å². The average Bonchev–Trinajstić information content (AvgIpc) is 2.78. The number of halogens is 4. The lowest BCUT2D eigenvalue weighted by atomic mass is 10.0. The monoisotopic (exact) mass is 423 g/mol. The summed E-state index contributed by atoms with van der Waals surface area (Å²) < 4.78 is 55.3. The van der Waals surface area contributed by atoms with Crippen molar-refractivity contribution < 1.29 is 17.6 Å². The summed E-state index contributed by atoms with van der Waals surface area (Å²) in [6.45, 7) is 0. The van der Waals surface area contributed by atoms with Crippen LogP contribution in [0.2, 0.25) is 0 Å². The molecule has 0 radical (unpaired) electrons. The third kappa shape index (κ3) is 2.95. The van der Waals surface area contributed by atoms with Gasteiger partial charge in [0.1, 0.15) is 0 Å². The van der Waals surface area contributed by atoms with Crippen molar-refractivity contribution in [3.63, 3.8) is 0 Å². The Bertz CT molecular complexity index is 1240. The summed E-state index contributed by atoms with van der Waals surface area (Å²) >= 11 is 1.65. The van der Waals surface area contributed by atoms with Crippen molar-refractivity contribution in [2.45, 2.75) is 9.79 Å². The van der Waals surface area contributed by atoms with Gasteiger partial charge in [-0.15, -0.1) is 0 Å². The van der Waals surface area contributed by atoms with Gasteiger partial charge in [0, 0.05) is 21.0 Å². The third-order valence-electron chi connectivity index (χ3n) is 4.95. The molecule has 1 heterocycles. The molecule has 1 aliphatic heterocycles. The molecule has 0 spiro atoms. The fourth-order valence-corrected chi connectivity index (χ4v) is 4.64. The SMILES string of the molecule is Fc1cc(-c2cccc(N3c4ccccc4Sc4ccccc43)c2)c(F)c(F)c1F. The molecule has 0 atom stereocenters. The lowest BCUT2D eigenvalue weighted by Gasteiger charge is -2.33. The van der Waals surface area contributed by atoms with E-state index in [-0.39, 0.29) is 11.1 Å². The molecular formula is C24H13F4NS. The Balaban J connectivity index is 1.70. The van der Waals surface area contributed by atoms with Crippen molar-refractivity contribution in [1.82, 2.24) is 0 Å². The van der Waals surface area contributed by atoms with Gasteiger partial charge >= 0.3 is 0 Å². The highest BCUT2D eigenvalue weighted by atomic mass is 32.2. The van der Waals surface area contributed by atoms with E-state index in [2.05, 4.69) is 0 Å². The number of rotatable bonds is 2. The summed E-state index contributed by atoms with van der Waals surface area (Å²) in [6.07, 6.45) is 0. The number of fused-ring (bicyclic) bond motifs is 2. The summed E-state index contributed by atoms with van der Waals surface area (Å²) in [5, 5.41) is 0. The van der Waals surface area contributed by atoms with E-state index in [1.165, 1.54) is 6.07 Å². The number of hydrogen-bond acceptors (Lipinski definition) is 2. The van der Waals surface area contributed by atoms with Gasteiger partial charge in [-0.3, -0.25) is 0 Å². The fourth-order valence-electron chi connectivity index (χ4n) is 3.58. The van der Waals surface area contributed by atoms with Crippen LogP contribution in [0.15, 0.2) is 88.7 Å². The third-order valence-corrected chi connectivity index (χ3v) is 6.08. The molecule has 0 aliphatic carbocycles. The summed E-state index contributed by atoms with van der Waals surface area (Å²) in [4.78, 5) is 4.11. The summed E-state index contributed by atoms with van der Waals surface area (Å²) in [5.41, 5.74) is 2.49. The zero-order valence-corrected chi connectivity index (χ0v) is 16.2. The minimum atomic E-state index is -1.82. The van der Waals surface area contributed by atoms with Crippen molar-refractivity contribution in [2.24, 2.45) is 0 Å². The van der Waals surface area contributed by atoms with Crippen LogP contribution in [0.5, 0.6) is 0 Å². The van der Waals surface area contributed by atoms with Gasteiger partial charge in [-0.25, -0.2) is 17.6 Å². The van der Waals surface area contributed by atoms with Crippen molar-refractivity contribution in [2.75, 3.05) is 4.90 Å². The van der Waals surface area contributed by atoms with E-state index < -0.39 is 23.3 Å². The number of para-hydroxylation sites is 2. The Morgan fingerprint density at radius 1 is 0.600 bits per heavy atom. The Morgan fingerprint density at radius 2 is 1.23 bits per heavy atom. The van der Waals surface area contributed by atoms with E-state index in [1.807, 2.05) is 59.5 Å². The molecule has 1 aliphatic rings. The van der Waals surface area contributed by atoms with Crippen molar-refractivity contribution in [1.29, 1.82) is 0 Å². The van der Waals surface area contributed by atoms with Crippen molar-refractivity contribution >= 4 is 28.8 Å². The van der Waals surface area contributed by atoms with Gasteiger partial charge in [-0.2, -0.15) is 0 Å². The second-order valence-corrected chi connectivity index (χ2v) is 7.85. The molecular weight excluding hydrogens is 410 g/mol. The van der Waals surface area contributed by atoms with Gasteiger partial charge in [-0.05, 0) is 48.0 Å². The van der Waals surface area contributed by atoms with E-state index in [0.717, 1.165) is 21.2 Å². The minimum absolute atomic E-state index is 0.246. The molecule has 0 N–H and O–H groups in total. The first kappa shape index (κ1) is 18.8. The average molecular weight is 423 g/mol. The molecule has 30 heavy (non-hydrogen) atoms. The molecule has 4 aromatic carbocycles. The Labute approximate surface area is 174 Å². The fraction of sp³-hybridized carbons (Fsp3) is 0. The standard InChI is InChI=1S/C24H13F4NS/c25-17-13-16(22(26)24(28)23(17)27)14-6-5-7-15(12-14)29-18-8-1-3-10-20(18)30-21-11-4-2-9-19(21)29/h1-13H. The van der Waals surface area contributed by atoms with Crippen LogP contribution in [0, 0.1) is 23.3 Å². The zero-order chi connectivity index (χ0) is 20.8. The molecule has 0 bridgehead atoms. The molecule has 4 aromatic rings. The highest BCUT2D eigenvalue weighted by Gasteiger charge is 2.25. The smallest absolute Gasteiger partial charge is 0.198 e. The van der Waals surface area contributed by atoms with Crippen LogP contribution in [0.3, 0.4) is 0 Å². The Morgan fingerprint density at radius 3 is 1.90 bits per heavy atom. The summed E-state index contributed by atoms with van der Waals surface area (Å²) in [5.74, 6) is -6.48. The molecule has 0 unspecified atom stereocenters. The lowest BCUT2D eigenvalue weighted by Crippen LogP contribution is -2.14. The molecule has 0 saturated carbocycles. The van der Waals surface area contributed by atoms with Crippen molar-refractivity contribution in [3.8, 4) is 11.1 Å². The molecule has 0 aromatic heterocycles. The van der Waals surface area contributed by atoms with E-state index in [0.29, 0.717) is 11.8 Å². The lowest BCUT2D eigenvalue weighted by molar-refractivity contribution is 0.411. The highest BCUT2D eigenvalue weighted by molar-refractivity contribution is 7.99. The Kier molecular flexibility index (Phi) is 4.51. The van der Waals surface area contributed by atoms with Crippen LogP contribution >= 0.6 is 11.8 Å². The first-order valence-corrected chi connectivity index (χ1v) is 9.95. The van der Waals surface area contributed by atoms with Crippen LogP contribution < -0.4 is 4.90 Å². The molecule has 148 valence electrons. The molecule has 6 heteroatoms. The second kappa shape index (κ2) is 7.22. The van der Waals surface area contributed by atoms with E-state index in [4.69, 9.17) is 0 Å². The zero-order valence-electron chi connectivity index (χ0n) is 15.4. The molecule has 0 amide bonds. The molecule has 0 fully saturated rings. The van der Waals surface area contributed by atoms with Gasteiger partial charge in [-0.1, -0.05) is 48.2 Å². The number of hydrogen-bond donors (Lipinski definition) is 0. The van der Waals surface area contributed by atoms with Gasteiger partial charge in [0.15, 0.2) is 23.3 Å².